The van der Waals surface area contributed by atoms with Crippen LogP contribution in [0.25, 0.3) is 0 Å². The molecule has 0 aromatic carbocycles. The summed E-state index contributed by atoms with van der Waals surface area (Å²) in [7, 11) is 0. The molecule has 1 saturated carbocycles. The quantitative estimate of drug-likeness (QED) is 0.799. The standard InChI is InChI=1S/C17H28N2O3/c20-16(11-14-5-4-10-22-13-14)18-8-9-19(17(21)12-18)15-6-2-1-3-7-15/h14-15H,1-13H2/t14-/m0/s1. The summed E-state index contributed by atoms with van der Waals surface area (Å²) in [6, 6.07) is 0.422. The molecule has 1 atom stereocenters. The van der Waals surface area contributed by atoms with Gasteiger partial charge < -0.3 is 14.5 Å². The number of carbonyl (C=O) groups is 2. The Hall–Kier alpha value is -1.10. The maximum absolute atomic E-state index is 12.4. The third-order valence-electron chi connectivity index (χ3n) is 5.34. The van der Waals surface area contributed by atoms with Gasteiger partial charge in [-0.3, -0.25) is 9.59 Å². The monoisotopic (exact) mass is 308 g/mol. The number of piperazine rings is 1. The molecule has 124 valence electrons. The van der Waals surface area contributed by atoms with Crippen LogP contribution in [-0.2, 0) is 14.3 Å². The van der Waals surface area contributed by atoms with Gasteiger partial charge in [0, 0.05) is 38.8 Å². The van der Waals surface area contributed by atoms with Crippen molar-refractivity contribution in [3.05, 3.63) is 0 Å². The highest BCUT2D eigenvalue weighted by Gasteiger charge is 2.32. The zero-order chi connectivity index (χ0) is 15.4. The van der Waals surface area contributed by atoms with Gasteiger partial charge in [-0.15, -0.1) is 0 Å². The number of hydrogen-bond acceptors (Lipinski definition) is 3. The summed E-state index contributed by atoms with van der Waals surface area (Å²) in [5, 5.41) is 0. The van der Waals surface area contributed by atoms with E-state index in [0.29, 0.717) is 31.5 Å². The van der Waals surface area contributed by atoms with E-state index in [1.165, 1.54) is 19.3 Å². The van der Waals surface area contributed by atoms with Crippen LogP contribution in [0.1, 0.15) is 51.4 Å². The molecule has 2 amide bonds. The van der Waals surface area contributed by atoms with Gasteiger partial charge in [-0.2, -0.15) is 0 Å². The third kappa shape index (κ3) is 3.80. The van der Waals surface area contributed by atoms with Crippen LogP contribution in [0.3, 0.4) is 0 Å². The molecular weight excluding hydrogens is 280 g/mol. The van der Waals surface area contributed by atoms with E-state index in [1.807, 2.05) is 4.90 Å². The second kappa shape index (κ2) is 7.44. The molecule has 22 heavy (non-hydrogen) atoms. The normalized spacial score (nSPS) is 28.0. The van der Waals surface area contributed by atoms with Gasteiger partial charge in [0.05, 0.1) is 6.54 Å². The molecule has 0 N–H and O–H groups in total. The largest absolute Gasteiger partial charge is 0.381 e. The molecular formula is C17H28N2O3. The molecule has 3 fully saturated rings. The fourth-order valence-electron chi connectivity index (χ4n) is 4.02. The lowest BCUT2D eigenvalue weighted by Gasteiger charge is -2.40. The molecule has 3 aliphatic rings. The van der Waals surface area contributed by atoms with E-state index in [9.17, 15) is 9.59 Å². The van der Waals surface area contributed by atoms with E-state index in [-0.39, 0.29) is 18.4 Å². The van der Waals surface area contributed by atoms with Gasteiger partial charge in [-0.1, -0.05) is 19.3 Å². The first-order chi connectivity index (χ1) is 10.7. The first-order valence-electron chi connectivity index (χ1n) is 8.89. The second-order valence-corrected chi connectivity index (χ2v) is 6.98. The Balaban J connectivity index is 1.48. The highest BCUT2D eigenvalue weighted by atomic mass is 16.5. The van der Waals surface area contributed by atoms with E-state index in [0.717, 1.165) is 38.8 Å². The van der Waals surface area contributed by atoms with Gasteiger partial charge in [0.15, 0.2) is 0 Å². The number of nitrogens with zero attached hydrogens (tertiary/aromatic N) is 2. The highest BCUT2D eigenvalue weighted by molar-refractivity contribution is 5.86. The predicted octanol–water partition coefficient (Wildman–Crippen LogP) is 1.81. The van der Waals surface area contributed by atoms with Crippen LogP contribution in [0.4, 0.5) is 0 Å². The summed E-state index contributed by atoms with van der Waals surface area (Å²) in [6.07, 6.45) is 8.70. The van der Waals surface area contributed by atoms with Gasteiger partial charge in [0.2, 0.25) is 11.8 Å². The molecule has 0 unspecified atom stereocenters. The van der Waals surface area contributed by atoms with Gasteiger partial charge in [-0.25, -0.2) is 0 Å². The third-order valence-corrected chi connectivity index (χ3v) is 5.34. The zero-order valence-electron chi connectivity index (χ0n) is 13.5. The van der Waals surface area contributed by atoms with Crippen LogP contribution < -0.4 is 0 Å². The molecule has 0 bridgehead atoms. The second-order valence-electron chi connectivity index (χ2n) is 6.98. The van der Waals surface area contributed by atoms with Crippen molar-refractivity contribution >= 4 is 11.8 Å². The average Bonchev–Trinajstić information content (AvgIpc) is 2.56. The fraction of sp³-hybridized carbons (Fsp3) is 0.882. The molecule has 5 nitrogen and oxygen atoms in total. The van der Waals surface area contributed by atoms with Crippen molar-refractivity contribution in [3.8, 4) is 0 Å². The smallest absolute Gasteiger partial charge is 0.242 e. The first kappa shape index (κ1) is 15.8. The fourth-order valence-corrected chi connectivity index (χ4v) is 4.02. The Labute approximate surface area is 133 Å². The van der Waals surface area contributed by atoms with Crippen molar-refractivity contribution in [1.82, 2.24) is 9.80 Å². The molecule has 2 heterocycles. The van der Waals surface area contributed by atoms with Crippen LogP contribution >= 0.6 is 0 Å². The lowest BCUT2D eigenvalue weighted by Crippen LogP contribution is -2.56. The van der Waals surface area contributed by atoms with Gasteiger partial charge in [-0.05, 0) is 31.6 Å². The predicted molar refractivity (Wildman–Crippen MR) is 83.3 cm³/mol. The number of hydrogen-bond donors (Lipinski definition) is 0. The van der Waals surface area contributed by atoms with Crippen molar-refractivity contribution in [2.45, 2.75) is 57.4 Å². The van der Waals surface area contributed by atoms with E-state index in [2.05, 4.69) is 0 Å². The van der Waals surface area contributed by atoms with Crippen molar-refractivity contribution in [2.24, 2.45) is 5.92 Å². The minimum atomic E-state index is 0.132. The minimum Gasteiger partial charge on any atom is -0.381 e. The van der Waals surface area contributed by atoms with Crippen molar-refractivity contribution in [2.75, 3.05) is 32.8 Å². The summed E-state index contributed by atoms with van der Waals surface area (Å²) in [6.45, 7) is 3.22. The summed E-state index contributed by atoms with van der Waals surface area (Å²) in [5.74, 6) is 0.617. The van der Waals surface area contributed by atoms with E-state index >= 15 is 0 Å². The zero-order valence-corrected chi connectivity index (χ0v) is 13.5. The number of carbonyl (C=O) groups excluding carboxylic acids is 2. The molecule has 0 aromatic rings. The van der Waals surface area contributed by atoms with Crippen molar-refractivity contribution in [3.63, 3.8) is 0 Å². The van der Waals surface area contributed by atoms with E-state index in [4.69, 9.17) is 4.74 Å². The SMILES string of the molecule is O=C(C[C@@H]1CCCOC1)N1CCN(C2CCCCC2)C(=O)C1. The van der Waals surface area contributed by atoms with Crippen LogP contribution in [0.5, 0.6) is 0 Å². The highest BCUT2D eigenvalue weighted by Crippen LogP contribution is 2.25. The Kier molecular flexibility index (Phi) is 5.34. The first-order valence-corrected chi connectivity index (χ1v) is 8.89. The lowest BCUT2D eigenvalue weighted by molar-refractivity contribution is -0.148. The summed E-state index contributed by atoms with van der Waals surface area (Å²) >= 11 is 0. The van der Waals surface area contributed by atoms with E-state index in [1.54, 1.807) is 4.90 Å². The number of ether oxygens (including phenoxy) is 1. The van der Waals surface area contributed by atoms with Crippen LogP contribution in [0, 0.1) is 5.92 Å². The van der Waals surface area contributed by atoms with Crippen molar-refractivity contribution < 1.29 is 14.3 Å². The molecule has 0 aromatic heterocycles. The topological polar surface area (TPSA) is 49.9 Å². The molecule has 5 heteroatoms. The van der Waals surface area contributed by atoms with Crippen LogP contribution in [0.15, 0.2) is 0 Å². The average molecular weight is 308 g/mol. The van der Waals surface area contributed by atoms with Crippen LogP contribution in [-0.4, -0.2) is 60.5 Å². The Morgan fingerprint density at radius 2 is 1.91 bits per heavy atom. The summed E-state index contributed by atoms with van der Waals surface area (Å²) < 4.78 is 5.44. The minimum absolute atomic E-state index is 0.132. The maximum Gasteiger partial charge on any atom is 0.242 e. The lowest BCUT2D eigenvalue weighted by atomic mass is 9.93. The van der Waals surface area contributed by atoms with Crippen LogP contribution in [0.2, 0.25) is 0 Å². The Morgan fingerprint density at radius 3 is 2.59 bits per heavy atom. The van der Waals surface area contributed by atoms with Gasteiger partial charge >= 0.3 is 0 Å². The Morgan fingerprint density at radius 1 is 1.09 bits per heavy atom. The molecule has 2 saturated heterocycles. The summed E-state index contributed by atoms with van der Waals surface area (Å²) in [5.41, 5.74) is 0. The van der Waals surface area contributed by atoms with Crippen molar-refractivity contribution in [1.29, 1.82) is 0 Å². The Bertz CT molecular complexity index is 399. The molecule has 1 aliphatic carbocycles. The summed E-state index contributed by atoms with van der Waals surface area (Å²) in [4.78, 5) is 28.6. The molecule has 3 rings (SSSR count). The molecule has 2 aliphatic heterocycles. The van der Waals surface area contributed by atoms with Gasteiger partial charge in [0.1, 0.15) is 0 Å². The van der Waals surface area contributed by atoms with E-state index < -0.39 is 0 Å². The number of rotatable bonds is 3. The number of amides is 2. The molecule has 0 spiro atoms. The molecule has 0 radical (unpaired) electrons. The maximum atomic E-state index is 12.4. The van der Waals surface area contributed by atoms with Gasteiger partial charge in [0.25, 0.3) is 0 Å².